The van der Waals surface area contributed by atoms with Crippen molar-refractivity contribution in [2.75, 3.05) is 27.2 Å². The van der Waals surface area contributed by atoms with E-state index in [1.54, 1.807) is 11.5 Å². The van der Waals surface area contributed by atoms with E-state index < -0.39 is 5.91 Å². The lowest BCUT2D eigenvalue weighted by atomic mass is 9.79. The normalized spacial score (nSPS) is 16.2. The molecule has 0 fully saturated rings. The summed E-state index contributed by atoms with van der Waals surface area (Å²) in [7, 11) is 4.06. The lowest BCUT2D eigenvalue weighted by molar-refractivity contribution is 0.0706. The fraction of sp³-hybridized carbons (Fsp3) is 0.381. The fourth-order valence-electron chi connectivity index (χ4n) is 3.45. The summed E-state index contributed by atoms with van der Waals surface area (Å²) in [5.41, 5.74) is 5.94. The van der Waals surface area contributed by atoms with Gasteiger partial charge in [0.25, 0.3) is 5.91 Å². The zero-order valence-electron chi connectivity index (χ0n) is 15.4. The number of hydrogen-bond donors (Lipinski definition) is 2. The maximum absolute atomic E-state index is 11.7. The summed E-state index contributed by atoms with van der Waals surface area (Å²) in [6, 6.07) is 14.0. The van der Waals surface area contributed by atoms with Gasteiger partial charge < -0.3 is 9.64 Å². The quantitative estimate of drug-likeness (QED) is 0.618. The summed E-state index contributed by atoms with van der Waals surface area (Å²) in [5, 5.41) is 8.84. The molecule has 138 valence electrons. The SMILES string of the molecule is CN(C)CCOc1cccc(C2CCc3ccc(C(=O)NO)cc3C2)c1. The Balaban J connectivity index is 1.72. The van der Waals surface area contributed by atoms with Gasteiger partial charge in [-0.1, -0.05) is 18.2 Å². The molecular weight excluding hydrogens is 328 g/mol. The van der Waals surface area contributed by atoms with Gasteiger partial charge in [-0.25, -0.2) is 5.48 Å². The third-order valence-electron chi connectivity index (χ3n) is 4.94. The molecule has 5 heteroatoms. The average molecular weight is 354 g/mol. The second-order valence-electron chi connectivity index (χ2n) is 7.09. The number of hydroxylamine groups is 1. The monoisotopic (exact) mass is 354 g/mol. The first-order chi connectivity index (χ1) is 12.6. The van der Waals surface area contributed by atoms with E-state index in [4.69, 9.17) is 9.94 Å². The molecule has 0 saturated heterocycles. The second-order valence-corrected chi connectivity index (χ2v) is 7.09. The highest BCUT2D eigenvalue weighted by atomic mass is 16.5. The molecule has 5 nitrogen and oxygen atoms in total. The molecule has 1 aliphatic carbocycles. The van der Waals surface area contributed by atoms with E-state index >= 15 is 0 Å². The Morgan fingerprint density at radius 2 is 2.08 bits per heavy atom. The van der Waals surface area contributed by atoms with Crippen LogP contribution < -0.4 is 10.2 Å². The molecule has 1 unspecified atom stereocenters. The highest BCUT2D eigenvalue weighted by Crippen LogP contribution is 2.34. The number of nitrogens with one attached hydrogen (secondary N) is 1. The van der Waals surface area contributed by atoms with E-state index in [2.05, 4.69) is 17.0 Å². The number of hydrogen-bond acceptors (Lipinski definition) is 4. The van der Waals surface area contributed by atoms with Gasteiger partial charge in [-0.2, -0.15) is 0 Å². The Bertz CT molecular complexity index is 774. The van der Waals surface area contributed by atoms with Crippen molar-refractivity contribution < 1.29 is 14.7 Å². The van der Waals surface area contributed by atoms with Crippen molar-refractivity contribution in [2.24, 2.45) is 0 Å². The fourth-order valence-corrected chi connectivity index (χ4v) is 3.45. The van der Waals surface area contributed by atoms with E-state index in [-0.39, 0.29) is 0 Å². The molecule has 2 aromatic rings. The lowest BCUT2D eigenvalue weighted by Gasteiger charge is -2.26. The van der Waals surface area contributed by atoms with Crippen LogP contribution in [-0.4, -0.2) is 43.3 Å². The largest absolute Gasteiger partial charge is 0.492 e. The van der Waals surface area contributed by atoms with Crippen LogP contribution in [0.15, 0.2) is 42.5 Å². The lowest BCUT2D eigenvalue weighted by Crippen LogP contribution is -2.20. The molecule has 1 aliphatic rings. The number of benzene rings is 2. The number of aryl methyl sites for hydroxylation is 1. The van der Waals surface area contributed by atoms with Crippen LogP contribution >= 0.6 is 0 Å². The molecule has 2 N–H and O–H groups in total. The van der Waals surface area contributed by atoms with Crippen LogP contribution in [0.3, 0.4) is 0 Å². The molecule has 0 spiro atoms. The van der Waals surface area contributed by atoms with Gasteiger partial charge in [-0.3, -0.25) is 10.0 Å². The minimum atomic E-state index is -0.466. The van der Waals surface area contributed by atoms with Crippen LogP contribution in [-0.2, 0) is 12.8 Å². The van der Waals surface area contributed by atoms with Gasteiger partial charge in [-0.05, 0) is 80.2 Å². The Hall–Kier alpha value is -2.37. The topological polar surface area (TPSA) is 61.8 Å². The third-order valence-corrected chi connectivity index (χ3v) is 4.94. The molecule has 3 rings (SSSR count). The molecule has 1 atom stereocenters. The van der Waals surface area contributed by atoms with Crippen LogP contribution in [0.25, 0.3) is 0 Å². The molecule has 1 amide bonds. The van der Waals surface area contributed by atoms with Gasteiger partial charge in [0.1, 0.15) is 12.4 Å². The number of ether oxygens (including phenoxy) is 1. The Labute approximate surface area is 154 Å². The molecule has 2 aromatic carbocycles. The molecule has 26 heavy (non-hydrogen) atoms. The summed E-state index contributed by atoms with van der Waals surface area (Å²) < 4.78 is 5.86. The van der Waals surface area contributed by atoms with Crippen LogP contribution in [0.2, 0.25) is 0 Å². The Kier molecular flexibility index (Phi) is 5.91. The predicted molar refractivity (Wildman–Crippen MR) is 101 cm³/mol. The number of fused-ring (bicyclic) bond motifs is 1. The zero-order valence-corrected chi connectivity index (χ0v) is 15.4. The number of rotatable bonds is 6. The van der Waals surface area contributed by atoms with Crippen LogP contribution in [0.5, 0.6) is 5.75 Å². The summed E-state index contributed by atoms with van der Waals surface area (Å²) >= 11 is 0. The van der Waals surface area contributed by atoms with E-state index in [0.717, 1.165) is 31.6 Å². The molecule has 0 aliphatic heterocycles. The molecule has 0 aromatic heterocycles. The highest BCUT2D eigenvalue weighted by molar-refractivity contribution is 5.93. The van der Waals surface area contributed by atoms with Gasteiger partial charge in [0.2, 0.25) is 0 Å². The number of carbonyl (C=O) groups is 1. The van der Waals surface area contributed by atoms with Crippen molar-refractivity contribution in [3.63, 3.8) is 0 Å². The van der Waals surface area contributed by atoms with E-state index in [1.165, 1.54) is 16.7 Å². The molecule has 0 bridgehead atoms. The Morgan fingerprint density at radius 3 is 2.85 bits per heavy atom. The van der Waals surface area contributed by atoms with E-state index in [9.17, 15) is 4.79 Å². The smallest absolute Gasteiger partial charge is 0.274 e. The third kappa shape index (κ3) is 4.42. The minimum Gasteiger partial charge on any atom is -0.492 e. The van der Waals surface area contributed by atoms with Gasteiger partial charge in [0, 0.05) is 12.1 Å². The molecule has 0 heterocycles. The van der Waals surface area contributed by atoms with Crippen molar-refractivity contribution in [1.29, 1.82) is 0 Å². The Morgan fingerprint density at radius 1 is 1.23 bits per heavy atom. The molecule has 0 saturated carbocycles. The van der Waals surface area contributed by atoms with Crippen LogP contribution in [0.1, 0.15) is 39.4 Å². The summed E-state index contributed by atoms with van der Waals surface area (Å²) in [5.74, 6) is 0.849. The van der Waals surface area contributed by atoms with Gasteiger partial charge in [0.05, 0.1) is 0 Å². The first kappa shape index (κ1) is 18.4. The number of nitrogens with zero attached hydrogens (tertiary/aromatic N) is 1. The minimum absolute atomic E-state index is 0.410. The average Bonchev–Trinajstić information content (AvgIpc) is 2.66. The first-order valence-corrected chi connectivity index (χ1v) is 9.00. The number of amides is 1. The van der Waals surface area contributed by atoms with E-state index in [1.807, 2.05) is 38.4 Å². The van der Waals surface area contributed by atoms with Crippen molar-refractivity contribution in [2.45, 2.75) is 25.2 Å². The maximum atomic E-state index is 11.7. The number of carbonyl (C=O) groups excluding carboxylic acids is 1. The molecule has 0 radical (unpaired) electrons. The number of likely N-dealkylation sites (N-methyl/N-ethyl adjacent to an activating group) is 1. The summed E-state index contributed by atoms with van der Waals surface area (Å²) in [6.45, 7) is 1.56. The van der Waals surface area contributed by atoms with Gasteiger partial charge in [0.15, 0.2) is 0 Å². The van der Waals surface area contributed by atoms with Crippen molar-refractivity contribution in [3.05, 3.63) is 64.7 Å². The van der Waals surface area contributed by atoms with Gasteiger partial charge in [-0.15, -0.1) is 0 Å². The predicted octanol–water partition coefficient (Wildman–Crippen LogP) is 3.02. The van der Waals surface area contributed by atoms with Gasteiger partial charge >= 0.3 is 0 Å². The van der Waals surface area contributed by atoms with Crippen molar-refractivity contribution in [1.82, 2.24) is 10.4 Å². The summed E-state index contributed by atoms with van der Waals surface area (Å²) in [4.78, 5) is 13.8. The zero-order chi connectivity index (χ0) is 18.5. The van der Waals surface area contributed by atoms with Crippen LogP contribution in [0, 0.1) is 0 Å². The van der Waals surface area contributed by atoms with Crippen molar-refractivity contribution in [3.8, 4) is 5.75 Å². The summed E-state index contributed by atoms with van der Waals surface area (Å²) in [6.07, 6.45) is 2.97. The maximum Gasteiger partial charge on any atom is 0.274 e. The van der Waals surface area contributed by atoms with Crippen LogP contribution in [0.4, 0.5) is 0 Å². The standard InChI is InChI=1S/C21H26N2O3/c1-23(2)10-11-26-20-5-3-4-16(14-20)17-8-6-15-7-9-18(21(24)22-25)13-19(15)12-17/h3-5,7,9,13-14,17,25H,6,8,10-12H2,1-2H3,(H,22,24). The first-order valence-electron chi connectivity index (χ1n) is 9.00. The highest BCUT2D eigenvalue weighted by Gasteiger charge is 2.21. The van der Waals surface area contributed by atoms with Crippen molar-refractivity contribution >= 4 is 5.91 Å². The van der Waals surface area contributed by atoms with E-state index in [0.29, 0.717) is 18.1 Å². The molecular formula is C21H26N2O3. The second kappa shape index (κ2) is 8.34.